The molecule has 3 rings (SSSR count). The molecule has 0 unspecified atom stereocenters. The van der Waals surface area contributed by atoms with Gasteiger partial charge in [-0.15, -0.1) is 0 Å². The van der Waals surface area contributed by atoms with Crippen LogP contribution in [-0.4, -0.2) is 25.9 Å². The number of carbonyl (C=O) groups is 1. The lowest BCUT2D eigenvalue weighted by Gasteiger charge is -2.13. The summed E-state index contributed by atoms with van der Waals surface area (Å²) in [5.41, 5.74) is -0.594. The maximum atomic E-state index is 12.8. The molecular formula is C21H17ClF3N3O4S. The molecule has 0 radical (unpaired) electrons. The molecule has 0 aliphatic carbocycles. The molecule has 2 N–H and O–H groups in total. The van der Waals surface area contributed by atoms with Crippen molar-refractivity contribution in [2.45, 2.75) is 17.6 Å². The van der Waals surface area contributed by atoms with Gasteiger partial charge in [-0.05, 0) is 48.5 Å². The number of aromatic nitrogens is 1. The molecule has 1 aromatic heterocycles. The van der Waals surface area contributed by atoms with Crippen LogP contribution < -0.4 is 14.8 Å². The summed E-state index contributed by atoms with van der Waals surface area (Å²) < 4.78 is 71.0. The van der Waals surface area contributed by atoms with Gasteiger partial charge in [-0.3, -0.25) is 14.5 Å². The molecule has 33 heavy (non-hydrogen) atoms. The van der Waals surface area contributed by atoms with Crippen molar-refractivity contribution in [2.24, 2.45) is 0 Å². The van der Waals surface area contributed by atoms with Gasteiger partial charge in [0.05, 0.1) is 27.7 Å². The van der Waals surface area contributed by atoms with Crippen molar-refractivity contribution >= 4 is 33.2 Å². The first-order valence-electron chi connectivity index (χ1n) is 9.33. The van der Waals surface area contributed by atoms with Crippen molar-refractivity contribution in [3.8, 4) is 5.75 Å². The van der Waals surface area contributed by atoms with E-state index in [1.165, 1.54) is 12.1 Å². The highest BCUT2D eigenvalue weighted by Gasteiger charge is 2.30. The summed E-state index contributed by atoms with van der Waals surface area (Å²) in [5.74, 6) is -0.387. The van der Waals surface area contributed by atoms with E-state index >= 15 is 0 Å². The zero-order valence-electron chi connectivity index (χ0n) is 16.8. The second-order valence-electron chi connectivity index (χ2n) is 6.66. The molecule has 0 spiro atoms. The zero-order valence-corrected chi connectivity index (χ0v) is 18.3. The van der Waals surface area contributed by atoms with E-state index in [9.17, 15) is 26.4 Å². The summed E-state index contributed by atoms with van der Waals surface area (Å²) in [6.45, 7) is -0.170. The van der Waals surface area contributed by atoms with Crippen LogP contribution in [0.4, 0.5) is 18.9 Å². The first-order chi connectivity index (χ1) is 15.5. The van der Waals surface area contributed by atoms with E-state index in [1.807, 2.05) is 0 Å². The SMILES string of the molecule is O=C(COc1ccc(S(=O)(=O)Nc2cccc(C(F)(F)F)c2)cc1Cl)NCc1ccccn1. The fourth-order valence-corrected chi connectivity index (χ4v) is 4.00. The molecule has 3 aromatic rings. The molecule has 2 aromatic carbocycles. The van der Waals surface area contributed by atoms with Gasteiger partial charge < -0.3 is 10.1 Å². The minimum Gasteiger partial charge on any atom is -0.482 e. The standard InChI is InChI=1S/C21H17ClF3N3O4S/c22-18-11-17(33(30,31)28-15-6-3-4-14(10-15)21(23,24)25)7-8-19(18)32-13-20(29)27-12-16-5-1-2-9-26-16/h1-11,28H,12-13H2,(H,27,29). The Balaban J connectivity index is 1.62. The highest BCUT2D eigenvalue weighted by molar-refractivity contribution is 7.92. The maximum Gasteiger partial charge on any atom is 0.416 e. The highest BCUT2D eigenvalue weighted by atomic mass is 35.5. The van der Waals surface area contributed by atoms with Crippen LogP contribution in [0.5, 0.6) is 5.75 Å². The Labute approximate surface area is 192 Å². The normalized spacial score (nSPS) is 11.6. The van der Waals surface area contributed by atoms with Gasteiger partial charge in [0.1, 0.15) is 5.75 Å². The highest BCUT2D eigenvalue weighted by Crippen LogP contribution is 2.32. The minimum atomic E-state index is -4.62. The quantitative estimate of drug-likeness (QED) is 0.483. The number of ether oxygens (including phenoxy) is 1. The second-order valence-corrected chi connectivity index (χ2v) is 8.75. The molecule has 174 valence electrons. The van der Waals surface area contributed by atoms with E-state index in [2.05, 4.69) is 15.0 Å². The summed E-state index contributed by atoms with van der Waals surface area (Å²) in [7, 11) is -4.23. The molecule has 0 atom stereocenters. The largest absolute Gasteiger partial charge is 0.482 e. The summed E-state index contributed by atoms with van der Waals surface area (Å²) in [6, 6.07) is 12.5. The third-order valence-corrected chi connectivity index (χ3v) is 5.88. The van der Waals surface area contributed by atoms with Gasteiger partial charge in [0.15, 0.2) is 6.61 Å². The van der Waals surface area contributed by atoms with E-state index < -0.39 is 27.7 Å². The number of nitrogens with one attached hydrogen (secondary N) is 2. The van der Waals surface area contributed by atoms with E-state index in [1.54, 1.807) is 24.4 Å². The lowest BCUT2D eigenvalue weighted by molar-refractivity contribution is -0.137. The molecule has 0 fully saturated rings. The number of anilines is 1. The first-order valence-corrected chi connectivity index (χ1v) is 11.2. The number of benzene rings is 2. The topological polar surface area (TPSA) is 97.4 Å². The van der Waals surface area contributed by atoms with Gasteiger partial charge in [0, 0.05) is 11.9 Å². The molecule has 1 amide bonds. The van der Waals surface area contributed by atoms with Crippen LogP contribution in [-0.2, 0) is 27.5 Å². The molecule has 0 bridgehead atoms. The average molecular weight is 500 g/mol. The third kappa shape index (κ3) is 6.83. The van der Waals surface area contributed by atoms with Crippen molar-refractivity contribution in [2.75, 3.05) is 11.3 Å². The van der Waals surface area contributed by atoms with Crippen molar-refractivity contribution in [3.05, 3.63) is 83.1 Å². The number of nitrogens with zero attached hydrogens (tertiary/aromatic N) is 1. The van der Waals surface area contributed by atoms with E-state index in [4.69, 9.17) is 16.3 Å². The molecule has 1 heterocycles. The van der Waals surface area contributed by atoms with Crippen LogP contribution in [0.1, 0.15) is 11.3 Å². The van der Waals surface area contributed by atoms with Gasteiger partial charge in [0.25, 0.3) is 15.9 Å². The van der Waals surface area contributed by atoms with Crippen LogP contribution in [0, 0.1) is 0 Å². The Kier molecular flexibility index (Phi) is 7.44. The number of sulfonamides is 1. The number of alkyl halides is 3. The first kappa shape index (κ1) is 24.3. The fourth-order valence-electron chi connectivity index (χ4n) is 2.63. The summed E-state index contributed by atoms with van der Waals surface area (Å²) in [5, 5.41) is 2.51. The van der Waals surface area contributed by atoms with Crippen LogP contribution in [0.25, 0.3) is 0 Å². The Morgan fingerprint density at radius 3 is 2.52 bits per heavy atom. The third-order valence-electron chi connectivity index (χ3n) is 4.21. The Morgan fingerprint density at radius 2 is 1.85 bits per heavy atom. The predicted molar refractivity (Wildman–Crippen MR) is 115 cm³/mol. The summed E-state index contributed by atoms with van der Waals surface area (Å²) in [6.07, 6.45) is -3.02. The zero-order chi connectivity index (χ0) is 24.1. The molecule has 7 nitrogen and oxygen atoms in total. The van der Waals surface area contributed by atoms with Crippen LogP contribution in [0.3, 0.4) is 0 Å². The second kappa shape index (κ2) is 10.1. The smallest absolute Gasteiger partial charge is 0.416 e. The number of pyridine rings is 1. The monoisotopic (exact) mass is 499 g/mol. The molecule has 0 saturated carbocycles. The molecule has 0 saturated heterocycles. The number of amides is 1. The fraction of sp³-hybridized carbons (Fsp3) is 0.143. The Bertz CT molecular complexity index is 1240. The van der Waals surface area contributed by atoms with Crippen molar-refractivity contribution in [1.82, 2.24) is 10.3 Å². The Morgan fingerprint density at radius 1 is 1.06 bits per heavy atom. The van der Waals surface area contributed by atoms with Crippen LogP contribution in [0.2, 0.25) is 5.02 Å². The summed E-state index contributed by atoms with van der Waals surface area (Å²) >= 11 is 6.07. The minimum absolute atomic E-state index is 0.0580. The Hall–Kier alpha value is -3.31. The number of hydrogen-bond donors (Lipinski definition) is 2. The van der Waals surface area contributed by atoms with Gasteiger partial charge in [-0.25, -0.2) is 8.42 Å². The lowest BCUT2D eigenvalue weighted by Crippen LogP contribution is -2.28. The van der Waals surface area contributed by atoms with Gasteiger partial charge >= 0.3 is 6.18 Å². The maximum absolute atomic E-state index is 12.8. The number of carbonyl (C=O) groups excluding carboxylic acids is 1. The van der Waals surface area contributed by atoms with Gasteiger partial charge in [-0.2, -0.15) is 13.2 Å². The van der Waals surface area contributed by atoms with Crippen LogP contribution in [0.15, 0.2) is 71.8 Å². The number of hydrogen-bond acceptors (Lipinski definition) is 5. The van der Waals surface area contributed by atoms with Gasteiger partial charge in [0.2, 0.25) is 0 Å². The molecule has 12 heteroatoms. The van der Waals surface area contributed by atoms with Crippen molar-refractivity contribution in [3.63, 3.8) is 0 Å². The molecule has 0 aliphatic rings. The van der Waals surface area contributed by atoms with Gasteiger partial charge in [-0.1, -0.05) is 23.7 Å². The summed E-state index contributed by atoms with van der Waals surface area (Å²) in [4.78, 5) is 15.7. The van der Waals surface area contributed by atoms with E-state index in [0.29, 0.717) is 11.8 Å². The molecule has 0 aliphatic heterocycles. The number of halogens is 4. The van der Waals surface area contributed by atoms with E-state index in [-0.39, 0.29) is 34.5 Å². The number of rotatable bonds is 8. The molecular weight excluding hydrogens is 483 g/mol. The van der Waals surface area contributed by atoms with Crippen molar-refractivity contribution in [1.29, 1.82) is 0 Å². The van der Waals surface area contributed by atoms with Crippen LogP contribution >= 0.6 is 11.6 Å². The van der Waals surface area contributed by atoms with Crippen molar-refractivity contribution < 1.29 is 31.1 Å². The lowest BCUT2D eigenvalue weighted by atomic mass is 10.2. The average Bonchev–Trinajstić information content (AvgIpc) is 2.77. The predicted octanol–water partition coefficient (Wildman–Crippen LogP) is 4.25. The van der Waals surface area contributed by atoms with E-state index in [0.717, 1.165) is 24.3 Å².